The Hall–Kier alpha value is -1.35. The molecule has 0 aromatic carbocycles. The van der Waals surface area contributed by atoms with Crippen LogP contribution < -0.4 is 0 Å². The van der Waals surface area contributed by atoms with Crippen LogP contribution in [0.25, 0.3) is 0 Å². The molecule has 3 nitrogen and oxygen atoms in total. The third-order valence-corrected chi connectivity index (χ3v) is 1.13. The Kier molecular flexibility index (Phi) is 6.38. The molecular formula is C12H18O3. The maximum Gasteiger partial charge on any atom is 0.365 e. The van der Waals surface area contributed by atoms with Crippen molar-refractivity contribution in [2.75, 3.05) is 0 Å². The van der Waals surface area contributed by atoms with E-state index >= 15 is 0 Å². The van der Waals surface area contributed by atoms with E-state index in [-0.39, 0.29) is 0 Å². The zero-order valence-electron chi connectivity index (χ0n) is 9.69. The molecule has 0 aliphatic carbocycles. The van der Waals surface area contributed by atoms with E-state index < -0.39 is 11.6 Å². The second-order valence-corrected chi connectivity index (χ2v) is 3.87. The zero-order chi connectivity index (χ0) is 11.7. The molecule has 0 aliphatic heterocycles. The summed E-state index contributed by atoms with van der Waals surface area (Å²) in [6, 6.07) is 0. The summed E-state index contributed by atoms with van der Waals surface area (Å²) in [5, 5.41) is 0. The minimum absolute atomic E-state index is 0.482. The molecule has 0 aromatic rings. The first-order chi connectivity index (χ1) is 6.95. The molecule has 0 saturated carbocycles. The highest BCUT2D eigenvalue weighted by molar-refractivity contribution is 5.81. The Bertz CT molecular complexity index is 267. The Morgan fingerprint density at radius 1 is 1.07 bits per heavy atom. The van der Waals surface area contributed by atoms with Gasteiger partial charge < -0.3 is 0 Å². The molecule has 0 fully saturated rings. The molecule has 3 heteroatoms. The van der Waals surface area contributed by atoms with E-state index in [1.807, 2.05) is 25.2 Å². The third-order valence-electron chi connectivity index (χ3n) is 1.13. The summed E-state index contributed by atoms with van der Waals surface area (Å²) in [6.07, 6.45) is 10.2. The van der Waals surface area contributed by atoms with Crippen LogP contribution in [-0.4, -0.2) is 11.6 Å². The molecule has 0 saturated heterocycles. The van der Waals surface area contributed by atoms with E-state index in [9.17, 15) is 4.79 Å². The van der Waals surface area contributed by atoms with Crippen LogP contribution >= 0.6 is 0 Å². The minimum atomic E-state index is -0.518. The van der Waals surface area contributed by atoms with Crippen molar-refractivity contribution in [2.45, 2.75) is 33.3 Å². The van der Waals surface area contributed by atoms with Gasteiger partial charge in [-0.1, -0.05) is 30.4 Å². The van der Waals surface area contributed by atoms with Gasteiger partial charge in [-0.2, -0.15) is 4.89 Å². The normalized spacial score (nSPS) is 13.1. The van der Waals surface area contributed by atoms with E-state index in [1.165, 1.54) is 6.08 Å². The molecule has 0 N–H and O–H groups in total. The van der Waals surface area contributed by atoms with Gasteiger partial charge in [-0.15, -0.1) is 0 Å². The zero-order valence-corrected chi connectivity index (χ0v) is 9.69. The van der Waals surface area contributed by atoms with Crippen LogP contribution in [0.2, 0.25) is 0 Å². The summed E-state index contributed by atoms with van der Waals surface area (Å²) in [6.45, 7) is 7.32. The van der Waals surface area contributed by atoms with E-state index in [2.05, 4.69) is 4.89 Å². The molecule has 0 spiro atoms. The van der Waals surface area contributed by atoms with Gasteiger partial charge in [-0.05, 0) is 27.7 Å². The Morgan fingerprint density at radius 2 is 1.67 bits per heavy atom. The van der Waals surface area contributed by atoms with Gasteiger partial charge in [0.1, 0.15) is 5.60 Å². The second-order valence-electron chi connectivity index (χ2n) is 3.87. The van der Waals surface area contributed by atoms with E-state index in [1.54, 1.807) is 32.9 Å². The van der Waals surface area contributed by atoms with Crippen molar-refractivity contribution in [3.05, 3.63) is 36.5 Å². The van der Waals surface area contributed by atoms with Crippen molar-refractivity contribution < 1.29 is 14.6 Å². The molecule has 0 heterocycles. The Labute approximate surface area is 91.0 Å². The second kappa shape index (κ2) is 7.01. The SMILES string of the molecule is C\C=C/C=C\C=C\C(=O)OOC(C)(C)C. The fraction of sp³-hybridized carbons (Fsp3) is 0.417. The lowest BCUT2D eigenvalue weighted by molar-refractivity contribution is -0.316. The van der Waals surface area contributed by atoms with Crippen LogP contribution in [0.4, 0.5) is 0 Å². The molecule has 0 aliphatic rings. The highest BCUT2D eigenvalue weighted by atomic mass is 17.2. The number of allylic oxidation sites excluding steroid dienone is 5. The monoisotopic (exact) mass is 210 g/mol. The van der Waals surface area contributed by atoms with Gasteiger partial charge in [0.25, 0.3) is 0 Å². The van der Waals surface area contributed by atoms with Gasteiger partial charge in [-0.3, -0.25) is 4.89 Å². The van der Waals surface area contributed by atoms with Gasteiger partial charge in [0.15, 0.2) is 0 Å². The number of carbonyl (C=O) groups excluding carboxylic acids is 1. The molecule has 0 aromatic heterocycles. The van der Waals surface area contributed by atoms with Crippen LogP contribution in [-0.2, 0) is 14.6 Å². The van der Waals surface area contributed by atoms with Gasteiger partial charge in [0.2, 0.25) is 0 Å². The van der Waals surface area contributed by atoms with Gasteiger partial charge >= 0.3 is 5.97 Å². The number of hydrogen-bond acceptors (Lipinski definition) is 3. The fourth-order valence-corrected chi connectivity index (χ4v) is 0.567. The van der Waals surface area contributed by atoms with E-state index in [0.717, 1.165) is 0 Å². The standard InChI is InChI=1S/C12H18O3/c1-5-6-7-8-9-10-11(13)14-15-12(2,3)4/h5-10H,1-4H3/b6-5-,8-7-,10-9+. The molecule has 0 amide bonds. The van der Waals surface area contributed by atoms with Crippen molar-refractivity contribution in [1.29, 1.82) is 0 Å². The number of rotatable bonds is 4. The van der Waals surface area contributed by atoms with Crippen LogP contribution in [0.15, 0.2) is 36.5 Å². The minimum Gasteiger partial charge on any atom is -0.293 e. The van der Waals surface area contributed by atoms with Gasteiger partial charge in [0.05, 0.1) is 0 Å². The van der Waals surface area contributed by atoms with E-state index in [4.69, 9.17) is 4.89 Å². The topological polar surface area (TPSA) is 35.5 Å². The fourth-order valence-electron chi connectivity index (χ4n) is 0.567. The van der Waals surface area contributed by atoms with Crippen LogP contribution in [0, 0.1) is 0 Å². The molecule has 0 radical (unpaired) electrons. The first-order valence-electron chi connectivity index (χ1n) is 4.81. The largest absolute Gasteiger partial charge is 0.365 e. The lowest BCUT2D eigenvalue weighted by Gasteiger charge is -2.15. The van der Waals surface area contributed by atoms with Crippen molar-refractivity contribution in [2.24, 2.45) is 0 Å². The van der Waals surface area contributed by atoms with Gasteiger partial charge in [-0.25, -0.2) is 4.79 Å². The summed E-state index contributed by atoms with van der Waals surface area (Å²) in [7, 11) is 0. The third kappa shape index (κ3) is 10.6. The quantitative estimate of drug-likeness (QED) is 0.310. The maximum absolute atomic E-state index is 11.0. The van der Waals surface area contributed by atoms with Crippen LogP contribution in [0.3, 0.4) is 0 Å². The average Bonchev–Trinajstić information content (AvgIpc) is 2.13. The number of hydrogen-bond donors (Lipinski definition) is 0. The predicted octanol–water partition coefficient (Wildman–Crippen LogP) is 2.95. The smallest absolute Gasteiger partial charge is 0.293 e. The highest BCUT2D eigenvalue weighted by Gasteiger charge is 2.13. The molecule has 0 rings (SSSR count). The Morgan fingerprint density at radius 3 is 2.20 bits per heavy atom. The first-order valence-corrected chi connectivity index (χ1v) is 4.81. The first kappa shape index (κ1) is 13.7. The van der Waals surface area contributed by atoms with Gasteiger partial charge in [0, 0.05) is 6.08 Å². The highest BCUT2D eigenvalue weighted by Crippen LogP contribution is 2.06. The van der Waals surface area contributed by atoms with Crippen molar-refractivity contribution in [1.82, 2.24) is 0 Å². The predicted molar refractivity (Wildman–Crippen MR) is 60.0 cm³/mol. The summed E-state index contributed by atoms with van der Waals surface area (Å²) >= 11 is 0. The van der Waals surface area contributed by atoms with Crippen molar-refractivity contribution in [3.63, 3.8) is 0 Å². The lowest BCUT2D eigenvalue weighted by Crippen LogP contribution is -2.21. The van der Waals surface area contributed by atoms with Crippen LogP contribution in [0.1, 0.15) is 27.7 Å². The molecule has 0 bridgehead atoms. The van der Waals surface area contributed by atoms with Crippen molar-refractivity contribution >= 4 is 5.97 Å². The maximum atomic E-state index is 11.0. The summed E-state index contributed by atoms with van der Waals surface area (Å²) < 4.78 is 0. The lowest BCUT2D eigenvalue weighted by atomic mass is 10.2. The molecule has 0 unspecified atom stereocenters. The summed E-state index contributed by atoms with van der Waals surface area (Å²) in [5.41, 5.74) is -0.482. The summed E-state index contributed by atoms with van der Waals surface area (Å²) in [5.74, 6) is -0.518. The molecule has 0 atom stereocenters. The van der Waals surface area contributed by atoms with E-state index in [0.29, 0.717) is 0 Å². The number of carbonyl (C=O) groups is 1. The van der Waals surface area contributed by atoms with Crippen molar-refractivity contribution in [3.8, 4) is 0 Å². The summed E-state index contributed by atoms with van der Waals surface area (Å²) in [4.78, 5) is 20.4. The molecule has 15 heavy (non-hydrogen) atoms. The molecular weight excluding hydrogens is 192 g/mol. The Balaban J connectivity index is 3.84. The average molecular weight is 210 g/mol. The molecule has 84 valence electrons. The van der Waals surface area contributed by atoms with Crippen LogP contribution in [0.5, 0.6) is 0 Å².